The molecule has 90 valence electrons. The van der Waals surface area contributed by atoms with Crippen molar-refractivity contribution in [2.45, 2.75) is 13.0 Å². The number of oxime groups is 1. The van der Waals surface area contributed by atoms with Crippen LogP contribution in [0.2, 0.25) is 0 Å². The molecule has 0 aliphatic rings. The second-order valence-corrected chi connectivity index (χ2v) is 3.25. The van der Waals surface area contributed by atoms with Crippen molar-refractivity contribution in [3.63, 3.8) is 0 Å². The van der Waals surface area contributed by atoms with Crippen LogP contribution in [0, 0.1) is 0 Å². The summed E-state index contributed by atoms with van der Waals surface area (Å²) >= 11 is 5.43. The highest BCUT2D eigenvalue weighted by molar-refractivity contribution is 7.64. The van der Waals surface area contributed by atoms with Crippen LogP contribution in [0.4, 0.5) is 0 Å². The number of carbonyl (C=O) groups excluding carboxylic acids is 2. The molecule has 16 heavy (non-hydrogen) atoms. The van der Waals surface area contributed by atoms with E-state index in [4.69, 9.17) is 16.3 Å². The summed E-state index contributed by atoms with van der Waals surface area (Å²) in [4.78, 5) is 26.9. The number of rotatable bonds is 6. The third-order valence-electron chi connectivity index (χ3n) is 1.30. The molecule has 0 saturated heterocycles. The Balaban J connectivity index is 4.70. The summed E-state index contributed by atoms with van der Waals surface area (Å²) in [6.45, 7) is 1.47. The van der Waals surface area contributed by atoms with Gasteiger partial charge in [0.1, 0.15) is 13.2 Å². The molecule has 6 nitrogen and oxygen atoms in total. The minimum absolute atomic E-state index is 0.157. The predicted molar refractivity (Wildman–Crippen MR) is 59.9 cm³/mol. The van der Waals surface area contributed by atoms with Crippen molar-refractivity contribution in [3.8, 4) is 0 Å². The van der Waals surface area contributed by atoms with Gasteiger partial charge < -0.3 is 9.57 Å². The van der Waals surface area contributed by atoms with Crippen LogP contribution in [0.15, 0.2) is 5.16 Å². The molecule has 0 bridgehead atoms. The number of carbonyl (C=O) groups is 2. The summed E-state index contributed by atoms with van der Waals surface area (Å²) in [5.41, 5.74) is -0.534. The molecule has 0 N–H and O–H groups in total. The lowest BCUT2D eigenvalue weighted by Gasteiger charge is -2.07. The van der Waals surface area contributed by atoms with E-state index < -0.39 is 29.4 Å². The van der Waals surface area contributed by atoms with Gasteiger partial charge in [0.2, 0.25) is 11.5 Å². The number of Topliss-reactive ketones (excluding diaryl/α,β-unsaturated/α-hetero) is 1. The van der Waals surface area contributed by atoms with Crippen molar-refractivity contribution in [1.82, 2.24) is 0 Å². The zero-order valence-electron chi connectivity index (χ0n) is 8.64. The standard InChI is InChI=1S/C8H10ClNO5S/c1-5(4-16-13)15-8(12)7(10-14-2)6(11)3-9/h4-5H,3H2,1-2H3/b10-7-. The van der Waals surface area contributed by atoms with Gasteiger partial charge in [-0.2, -0.15) is 0 Å². The number of nitrogens with zero attached hydrogens (tertiary/aromatic N) is 1. The molecule has 0 aromatic rings. The maximum atomic E-state index is 11.4. The van der Waals surface area contributed by atoms with Crippen LogP contribution in [0.3, 0.4) is 0 Å². The monoisotopic (exact) mass is 267 g/mol. The van der Waals surface area contributed by atoms with Crippen LogP contribution < -0.4 is 0 Å². The van der Waals surface area contributed by atoms with E-state index in [1.807, 2.05) is 0 Å². The lowest BCUT2D eigenvalue weighted by atomic mass is 10.3. The van der Waals surface area contributed by atoms with E-state index >= 15 is 0 Å². The summed E-state index contributed by atoms with van der Waals surface area (Å²) in [7, 11) is 1.18. The lowest BCUT2D eigenvalue weighted by Crippen LogP contribution is -2.30. The molecule has 0 rings (SSSR count). The quantitative estimate of drug-likeness (QED) is 0.165. The van der Waals surface area contributed by atoms with Crippen molar-refractivity contribution in [2.75, 3.05) is 13.0 Å². The molecular formula is C8H10ClNO5S. The molecule has 0 saturated carbocycles. The van der Waals surface area contributed by atoms with E-state index in [-0.39, 0.29) is 11.3 Å². The van der Waals surface area contributed by atoms with Gasteiger partial charge in [0.15, 0.2) is 0 Å². The Morgan fingerprint density at radius 3 is 2.62 bits per heavy atom. The van der Waals surface area contributed by atoms with Gasteiger partial charge in [-0.05, 0) is 6.92 Å². The summed E-state index contributed by atoms with van der Waals surface area (Å²) in [5, 5.41) is 4.36. The Hall–Kier alpha value is -1.21. The molecule has 1 atom stereocenters. The highest BCUT2D eigenvalue weighted by atomic mass is 35.5. The van der Waals surface area contributed by atoms with Crippen molar-refractivity contribution >= 4 is 45.7 Å². The molecule has 0 amide bonds. The second kappa shape index (κ2) is 8.00. The van der Waals surface area contributed by atoms with E-state index in [1.54, 1.807) is 0 Å². The molecule has 0 aromatic heterocycles. The fraction of sp³-hybridized carbons (Fsp3) is 0.500. The van der Waals surface area contributed by atoms with Crippen LogP contribution in [-0.4, -0.2) is 46.1 Å². The van der Waals surface area contributed by atoms with Crippen molar-refractivity contribution < 1.29 is 23.4 Å². The fourth-order valence-electron chi connectivity index (χ4n) is 0.687. The molecule has 0 fully saturated rings. The molecule has 0 aliphatic heterocycles. The van der Waals surface area contributed by atoms with Gasteiger partial charge in [-0.1, -0.05) is 5.16 Å². The molecule has 0 heterocycles. The van der Waals surface area contributed by atoms with Crippen molar-refractivity contribution in [3.05, 3.63) is 0 Å². The second-order valence-electron chi connectivity index (χ2n) is 2.52. The maximum absolute atomic E-state index is 11.4. The number of alkyl halides is 1. The largest absolute Gasteiger partial charge is 0.453 e. The molecule has 0 aliphatic carbocycles. The molecule has 1 unspecified atom stereocenters. The predicted octanol–water partition coefficient (Wildman–Crippen LogP) is -0.256. The molecule has 0 aromatic carbocycles. The van der Waals surface area contributed by atoms with Gasteiger partial charge in [-0.15, -0.1) is 11.6 Å². The zero-order valence-corrected chi connectivity index (χ0v) is 10.2. The van der Waals surface area contributed by atoms with Gasteiger partial charge in [0.05, 0.1) is 17.1 Å². The highest BCUT2D eigenvalue weighted by Crippen LogP contribution is 1.95. The van der Waals surface area contributed by atoms with Gasteiger partial charge in [0.25, 0.3) is 0 Å². The SMILES string of the molecule is CO/N=C(/C(=O)CCl)C(=O)OC(C)C=S=O. The first-order chi connectivity index (χ1) is 7.56. The number of hydrogen-bond acceptors (Lipinski definition) is 6. The van der Waals surface area contributed by atoms with Crippen LogP contribution >= 0.6 is 11.6 Å². The van der Waals surface area contributed by atoms with Crippen molar-refractivity contribution in [1.29, 1.82) is 0 Å². The summed E-state index contributed by atoms with van der Waals surface area (Å²) in [6, 6.07) is 0. The Labute approximate surface area is 101 Å². The van der Waals surface area contributed by atoms with Gasteiger partial charge in [-0.25, -0.2) is 9.00 Å². The Morgan fingerprint density at radius 2 is 2.19 bits per heavy atom. The zero-order chi connectivity index (χ0) is 12.6. The number of ether oxygens (including phenoxy) is 1. The van der Waals surface area contributed by atoms with Crippen LogP contribution in [0.5, 0.6) is 0 Å². The maximum Gasteiger partial charge on any atom is 0.364 e. The third kappa shape index (κ3) is 5.04. The minimum atomic E-state index is -0.981. The van der Waals surface area contributed by atoms with Crippen LogP contribution in [-0.2, 0) is 30.4 Å². The minimum Gasteiger partial charge on any atom is -0.453 e. The number of halogens is 1. The summed E-state index contributed by atoms with van der Waals surface area (Å²) in [6.07, 6.45) is -0.736. The molecule has 8 heteroatoms. The van der Waals surface area contributed by atoms with E-state index in [9.17, 15) is 13.8 Å². The normalized spacial score (nSPS) is 12.6. The third-order valence-corrected chi connectivity index (χ3v) is 2.04. The average molecular weight is 268 g/mol. The lowest BCUT2D eigenvalue weighted by molar-refractivity contribution is -0.137. The van der Waals surface area contributed by atoms with Crippen LogP contribution in [0.25, 0.3) is 0 Å². The number of ketones is 1. The Bertz CT molecular complexity index is 350. The first kappa shape index (κ1) is 14.8. The van der Waals surface area contributed by atoms with E-state index in [0.717, 1.165) is 5.37 Å². The molecule has 0 radical (unpaired) electrons. The highest BCUT2D eigenvalue weighted by Gasteiger charge is 2.23. The van der Waals surface area contributed by atoms with Gasteiger partial charge in [0, 0.05) is 5.37 Å². The number of esters is 1. The van der Waals surface area contributed by atoms with E-state index in [2.05, 4.69) is 9.99 Å². The van der Waals surface area contributed by atoms with E-state index in [1.165, 1.54) is 14.0 Å². The summed E-state index contributed by atoms with van der Waals surface area (Å²) in [5.74, 6) is -2.10. The number of hydrogen-bond donors (Lipinski definition) is 0. The topological polar surface area (TPSA) is 82.0 Å². The smallest absolute Gasteiger partial charge is 0.364 e. The molecule has 0 spiro atoms. The van der Waals surface area contributed by atoms with Crippen LogP contribution in [0.1, 0.15) is 6.92 Å². The van der Waals surface area contributed by atoms with E-state index in [0.29, 0.717) is 0 Å². The first-order valence-corrected chi connectivity index (χ1v) is 5.44. The summed E-state index contributed by atoms with van der Waals surface area (Å²) < 4.78 is 14.9. The average Bonchev–Trinajstić information content (AvgIpc) is 2.24. The first-order valence-electron chi connectivity index (χ1n) is 4.10. The fourth-order valence-corrected chi connectivity index (χ4v) is 1.03. The van der Waals surface area contributed by atoms with Crippen molar-refractivity contribution in [2.24, 2.45) is 5.16 Å². The van der Waals surface area contributed by atoms with Gasteiger partial charge in [-0.3, -0.25) is 4.79 Å². The molecular weight excluding hydrogens is 258 g/mol. The van der Waals surface area contributed by atoms with Gasteiger partial charge >= 0.3 is 5.97 Å². The Kier molecular flexibility index (Phi) is 7.40. The Morgan fingerprint density at radius 1 is 1.56 bits per heavy atom.